The molecule has 0 spiro atoms. The van der Waals surface area contributed by atoms with Crippen LogP contribution in [0.25, 0.3) is 0 Å². The first kappa shape index (κ1) is 13.6. The Kier molecular flexibility index (Phi) is 3.88. The van der Waals surface area contributed by atoms with Crippen molar-refractivity contribution < 1.29 is 9.53 Å². The molecular weight excluding hydrogens is 240 g/mol. The van der Waals surface area contributed by atoms with E-state index < -0.39 is 11.7 Å². The minimum Gasteiger partial charge on any atom is -0.444 e. The van der Waals surface area contributed by atoms with Gasteiger partial charge in [-0.25, -0.2) is 4.79 Å². The molecule has 0 saturated heterocycles. The quantitative estimate of drug-likeness (QED) is 0.755. The van der Waals surface area contributed by atoms with Crippen molar-refractivity contribution in [2.24, 2.45) is 0 Å². The summed E-state index contributed by atoms with van der Waals surface area (Å²) in [5, 5.41) is 3.04. The van der Waals surface area contributed by atoms with E-state index >= 15 is 0 Å². The number of rotatable bonds is 1. The molecule has 0 aliphatic rings. The van der Waals surface area contributed by atoms with Crippen LogP contribution >= 0.6 is 11.6 Å². The lowest BCUT2D eigenvalue weighted by Gasteiger charge is -2.20. The van der Waals surface area contributed by atoms with Gasteiger partial charge in [0.2, 0.25) is 0 Å². The molecular formula is C12H17ClN2O2. The number of nitrogen functional groups attached to an aromatic ring is 1. The first-order chi connectivity index (χ1) is 7.69. The summed E-state index contributed by atoms with van der Waals surface area (Å²) in [6.07, 6.45) is -0.513. The number of nitrogens with two attached hydrogens (primary N) is 1. The smallest absolute Gasteiger partial charge is 0.412 e. The molecule has 0 fully saturated rings. The molecule has 17 heavy (non-hydrogen) atoms. The van der Waals surface area contributed by atoms with Crippen LogP contribution in [0, 0.1) is 6.92 Å². The lowest BCUT2D eigenvalue weighted by molar-refractivity contribution is 0.0636. The Morgan fingerprint density at radius 3 is 2.53 bits per heavy atom. The third kappa shape index (κ3) is 4.15. The van der Waals surface area contributed by atoms with Crippen LogP contribution in [0.2, 0.25) is 5.02 Å². The maximum absolute atomic E-state index is 11.6. The summed E-state index contributed by atoms with van der Waals surface area (Å²) in [6.45, 7) is 7.24. The molecule has 1 aromatic carbocycles. The first-order valence-electron chi connectivity index (χ1n) is 5.24. The second kappa shape index (κ2) is 4.84. The van der Waals surface area contributed by atoms with E-state index in [4.69, 9.17) is 22.1 Å². The molecule has 0 unspecified atom stereocenters. The van der Waals surface area contributed by atoms with Crippen molar-refractivity contribution in [2.45, 2.75) is 33.3 Å². The Morgan fingerprint density at radius 1 is 1.41 bits per heavy atom. The molecule has 0 saturated carbocycles. The SMILES string of the molecule is Cc1cc(N)c(Cl)cc1NC(=O)OC(C)(C)C. The Hall–Kier alpha value is -1.42. The molecule has 0 radical (unpaired) electrons. The van der Waals surface area contributed by atoms with Gasteiger partial charge in [-0.1, -0.05) is 11.6 Å². The van der Waals surface area contributed by atoms with Gasteiger partial charge in [0.1, 0.15) is 5.60 Å². The van der Waals surface area contributed by atoms with Crippen LogP contribution in [0.1, 0.15) is 26.3 Å². The fraction of sp³-hybridized carbons (Fsp3) is 0.417. The normalized spacial score (nSPS) is 11.1. The maximum atomic E-state index is 11.6. The first-order valence-corrected chi connectivity index (χ1v) is 5.62. The molecule has 0 aliphatic heterocycles. The molecule has 0 heterocycles. The molecule has 94 valence electrons. The van der Waals surface area contributed by atoms with Crippen molar-refractivity contribution >= 4 is 29.1 Å². The number of halogens is 1. The summed E-state index contributed by atoms with van der Waals surface area (Å²) in [5.41, 5.74) is 7.03. The molecule has 4 nitrogen and oxygen atoms in total. The Balaban J connectivity index is 2.82. The summed E-state index contributed by atoms with van der Waals surface area (Å²) in [5.74, 6) is 0. The highest BCUT2D eigenvalue weighted by atomic mass is 35.5. The van der Waals surface area contributed by atoms with Crippen LogP contribution in [0.4, 0.5) is 16.2 Å². The van der Waals surface area contributed by atoms with E-state index in [-0.39, 0.29) is 0 Å². The van der Waals surface area contributed by atoms with E-state index in [1.54, 1.807) is 32.9 Å². The molecule has 1 rings (SSSR count). The van der Waals surface area contributed by atoms with Crippen molar-refractivity contribution in [3.05, 3.63) is 22.7 Å². The van der Waals surface area contributed by atoms with Crippen molar-refractivity contribution in [1.29, 1.82) is 0 Å². The van der Waals surface area contributed by atoms with E-state index in [1.807, 2.05) is 6.92 Å². The Bertz CT molecular complexity index is 439. The highest BCUT2D eigenvalue weighted by Gasteiger charge is 2.17. The number of amides is 1. The number of anilines is 2. The van der Waals surface area contributed by atoms with Gasteiger partial charge in [0.25, 0.3) is 0 Å². The molecule has 5 heteroatoms. The molecule has 1 amide bonds. The lowest BCUT2D eigenvalue weighted by atomic mass is 10.2. The zero-order valence-corrected chi connectivity index (χ0v) is 11.2. The third-order valence-corrected chi connectivity index (χ3v) is 2.31. The van der Waals surface area contributed by atoms with Gasteiger partial charge < -0.3 is 10.5 Å². The number of carbonyl (C=O) groups excluding carboxylic acids is 1. The molecule has 0 aromatic heterocycles. The highest BCUT2D eigenvalue weighted by Crippen LogP contribution is 2.27. The van der Waals surface area contributed by atoms with Crippen LogP contribution in [0.5, 0.6) is 0 Å². The van der Waals surface area contributed by atoms with Crippen LogP contribution in [0.15, 0.2) is 12.1 Å². The maximum Gasteiger partial charge on any atom is 0.412 e. The number of aryl methyl sites for hydroxylation is 1. The van der Waals surface area contributed by atoms with Crippen molar-refractivity contribution in [1.82, 2.24) is 0 Å². The van der Waals surface area contributed by atoms with Gasteiger partial charge in [-0.3, -0.25) is 5.32 Å². The zero-order valence-electron chi connectivity index (χ0n) is 10.4. The number of benzene rings is 1. The number of ether oxygens (including phenoxy) is 1. The van der Waals surface area contributed by atoms with E-state index in [9.17, 15) is 4.79 Å². The minimum absolute atomic E-state index is 0.404. The number of hydrogen-bond donors (Lipinski definition) is 2. The van der Waals surface area contributed by atoms with E-state index in [1.165, 1.54) is 0 Å². The largest absolute Gasteiger partial charge is 0.444 e. The number of carbonyl (C=O) groups is 1. The molecule has 1 aromatic rings. The molecule has 3 N–H and O–H groups in total. The average Bonchev–Trinajstić information content (AvgIpc) is 2.11. The van der Waals surface area contributed by atoms with Crippen molar-refractivity contribution in [2.75, 3.05) is 11.1 Å². The van der Waals surface area contributed by atoms with Gasteiger partial charge in [-0.15, -0.1) is 0 Å². The minimum atomic E-state index is -0.532. The molecule has 0 aliphatic carbocycles. The number of nitrogens with one attached hydrogen (secondary N) is 1. The average molecular weight is 257 g/mol. The van der Waals surface area contributed by atoms with Gasteiger partial charge in [-0.2, -0.15) is 0 Å². The van der Waals surface area contributed by atoms with Gasteiger partial charge in [0, 0.05) is 5.69 Å². The van der Waals surface area contributed by atoms with Gasteiger partial charge >= 0.3 is 6.09 Å². The van der Waals surface area contributed by atoms with Crippen molar-refractivity contribution in [3.8, 4) is 0 Å². The van der Waals surface area contributed by atoms with Gasteiger partial charge in [-0.05, 0) is 45.4 Å². The standard InChI is InChI=1S/C12H17ClN2O2/c1-7-5-9(14)8(13)6-10(7)15-11(16)17-12(2,3)4/h5-6H,14H2,1-4H3,(H,15,16). The molecule has 0 atom stereocenters. The van der Waals surface area contributed by atoms with Crippen LogP contribution in [-0.4, -0.2) is 11.7 Å². The second-order valence-electron chi connectivity index (χ2n) is 4.82. The van der Waals surface area contributed by atoms with Crippen molar-refractivity contribution in [3.63, 3.8) is 0 Å². The summed E-state index contributed by atoms with van der Waals surface area (Å²) in [6, 6.07) is 3.31. The summed E-state index contributed by atoms with van der Waals surface area (Å²) in [7, 11) is 0. The monoisotopic (exact) mass is 256 g/mol. The summed E-state index contributed by atoms with van der Waals surface area (Å²) in [4.78, 5) is 11.6. The topological polar surface area (TPSA) is 64.3 Å². The second-order valence-corrected chi connectivity index (χ2v) is 5.22. The van der Waals surface area contributed by atoms with Crippen LogP contribution in [0.3, 0.4) is 0 Å². The van der Waals surface area contributed by atoms with Gasteiger partial charge in [0.05, 0.1) is 10.7 Å². The Morgan fingerprint density at radius 2 is 2.00 bits per heavy atom. The predicted molar refractivity (Wildman–Crippen MR) is 70.5 cm³/mol. The summed E-state index contributed by atoms with van der Waals surface area (Å²) < 4.78 is 5.14. The van der Waals surface area contributed by atoms with Crippen LogP contribution < -0.4 is 11.1 Å². The predicted octanol–water partition coefficient (Wildman–Crippen LogP) is 3.58. The van der Waals surface area contributed by atoms with Gasteiger partial charge in [0.15, 0.2) is 0 Å². The third-order valence-electron chi connectivity index (χ3n) is 1.98. The van der Waals surface area contributed by atoms with E-state index in [0.29, 0.717) is 16.4 Å². The fourth-order valence-corrected chi connectivity index (χ4v) is 1.42. The highest BCUT2D eigenvalue weighted by molar-refractivity contribution is 6.33. The lowest BCUT2D eigenvalue weighted by Crippen LogP contribution is -2.27. The van der Waals surface area contributed by atoms with Crippen LogP contribution in [-0.2, 0) is 4.74 Å². The van der Waals surface area contributed by atoms with E-state index in [2.05, 4.69) is 5.32 Å². The fourth-order valence-electron chi connectivity index (χ4n) is 1.25. The van der Waals surface area contributed by atoms with E-state index in [0.717, 1.165) is 5.56 Å². The number of hydrogen-bond acceptors (Lipinski definition) is 3. The Labute approximate surface area is 106 Å². The summed E-state index contributed by atoms with van der Waals surface area (Å²) >= 11 is 5.89. The molecule has 0 bridgehead atoms. The zero-order chi connectivity index (χ0) is 13.2.